The van der Waals surface area contributed by atoms with Crippen LogP contribution >= 0.6 is 11.6 Å². The number of fused-ring (bicyclic) bond motifs is 1. The van der Waals surface area contributed by atoms with Gasteiger partial charge in [0.1, 0.15) is 17.2 Å². The van der Waals surface area contributed by atoms with E-state index in [9.17, 15) is 9.59 Å². The number of benzene rings is 2. The van der Waals surface area contributed by atoms with Crippen LogP contribution in [0, 0.1) is 0 Å². The summed E-state index contributed by atoms with van der Waals surface area (Å²) in [7, 11) is 4.56. The Bertz CT molecular complexity index is 1140. The molecule has 0 aliphatic carbocycles. The fraction of sp³-hybridized carbons (Fsp3) is 0.227. The molecule has 0 radical (unpaired) electrons. The summed E-state index contributed by atoms with van der Waals surface area (Å²) >= 11 is 6.27. The van der Waals surface area contributed by atoms with Crippen LogP contribution in [0.2, 0.25) is 5.02 Å². The average Bonchev–Trinajstić information content (AvgIpc) is 2.80. The van der Waals surface area contributed by atoms with E-state index in [0.29, 0.717) is 57.6 Å². The van der Waals surface area contributed by atoms with Gasteiger partial charge in [-0.15, -0.1) is 0 Å². The van der Waals surface area contributed by atoms with Crippen molar-refractivity contribution in [2.45, 2.75) is 0 Å². The Morgan fingerprint density at radius 2 is 1.91 bits per heavy atom. The number of amides is 3. The van der Waals surface area contributed by atoms with Gasteiger partial charge in [0.2, 0.25) is 0 Å². The maximum Gasteiger partial charge on any atom is 0.319 e. The molecule has 0 aliphatic heterocycles. The van der Waals surface area contributed by atoms with Gasteiger partial charge in [-0.1, -0.05) is 11.6 Å². The Hall–Kier alpha value is -3.56. The number of nitrogens with zero attached hydrogens (tertiary/aromatic N) is 1. The summed E-state index contributed by atoms with van der Waals surface area (Å²) in [5, 5.41) is 8.79. The van der Waals surface area contributed by atoms with E-state index in [4.69, 9.17) is 25.8 Å². The molecule has 0 aliphatic rings. The van der Waals surface area contributed by atoms with Gasteiger partial charge in [-0.05, 0) is 24.3 Å². The second kappa shape index (κ2) is 10.7. The van der Waals surface area contributed by atoms with E-state index >= 15 is 0 Å². The van der Waals surface area contributed by atoms with Crippen molar-refractivity contribution in [2.75, 3.05) is 39.7 Å². The minimum Gasteiger partial charge on any atom is -0.496 e. The number of hydrogen-bond acceptors (Lipinski definition) is 6. The van der Waals surface area contributed by atoms with Gasteiger partial charge in [0.15, 0.2) is 0 Å². The number of methoxy groups -OCH3 is 2. The van der Waals surface area contributed by atoms with Gasteiger partial charge < -0.3 is 30.2 Å². The quantitative estimate of drug-likeness (QED) is 0.442. The molecule has 2 aromatic carbocycles. The Morgan fingerprint density at radius 3 is 2.59 bits per heavy atom. The van der Waals surface area contributed by atoms with Gasteiger partial charge in [0, 0.05) is 44.4 Å². The zero-order valence-electron chi connectivity index (χ0n) is 17.8. The lowest BCUT2D eigenvalue weighted by Gasteiger charge is -2.14. The molecule has 0 unspecified atom stereocenters. The molecule has 3 rings (SSSR count). The predicted octanol–water partition coefficient (Wildman–Crippen LogP) is 3.82. The number of ether oxygens (including phenoxy) is 3. The van der Waals surface area contributed by atoms with Gasteiger partial charge >= 0.3 is 6.03 Å². The van der Waals surface area contributed by atoms with Gasteiger partial charge in [0.05, 0.1) is 35.5 Å². The summed E-state index contributed by atoms with van der Waals surface area (Å²) in [4.78, 5) is 28.5. The number of urea groups is 1. The summed E-state index contributed by atoms with van der Waals surface area (Å²) in [6.07, 6.45) is 1.60. The minimum absolute atomic E-state index is 0.303. The number of pyridine rings is 1. The van der Waals surface area contributed by atoms with Gasteiger partial charge in [0.25, 0.3) is 5.91 Å². The number of nitrogens with one attached hydrogen (secondary N) is 3. The summed E-state index contributed by atoms with van der Waals surface area (Å²) < 4.78 is 16.4. The number of anilines is 1. The molecular weight excluding hydrogens is 436 g/mol. The summed E-state index contributed by atoms with van der Waals surface area (Å²) in [5.74, 6) is 1.02. The van der Waals surface area contributed by atoms with Crippen LogP contribution in [0.3, 0.4) is 0 Å². The summed E-state index contributed by atoms with van der Waals surface area (Å²) in [6, 6.07) is 9.54. The molecular formula is C22H23ClN4O5. The van der Waals surface area contributed by atoms with Crippen LogP contribution in [0.25, 0.3) is 10.9 Å². The molecule has 10 heteroatoms. The number of rotatable bonds is 8. The van der Waals surface area contributed by atoms with E-state index in [1.807, 2.05) is 0 Å². The highest BCUT2D eigenvalue weighted by Crippen LogP contribution is 2.35. The first-order valence-corrected chi connectivity index (χ1v) is 10.0. The number of carbonyl (C=O) groups excluding carboxylic acids is 2. The van der Waals surface area contributed by atoms with Crippen LogP contribution in [-0.4, -0.2) is 51.3 Å². The zero-order valence-corrected chi connectivity index (χ0v) is 18.6. The molecule has 3 N–H and O–H groups in total. The molecule has 3 amide bonds. The molecule has 0 fully saturated rings. The highest BCUT2D eigenvalue weighted by atomic mass is 35.5. The van der Waals surface area contributed by atoms with Gasteiger partial charge in [-0.3, -0.25) is 9.78 Å². The molecule has 1 heterocycles. The van der Waals surface area contributed by atoms with Crippen molar-refractivity contribution in [3.05, 3.63) is 53.2 Å². The number of aromatic nitrogens is 1. The lowest BCUT2D eigenvalue weighted by atomic mass is 10.1. The van der Waals surface area contributed by atoms with Crippen molar-refractivity contribution in [1.82, 2.24) is 15.6 Å². The Morgan fingerprint density at radius 1 is 1.09 bits per heavy atom. The van der Waals surface area contributed by atoms with E-state index in [-0.39, 0.29) is 11.9 Å². The van der Waals surface area contributed by atoms with E-state index in [0.717, 1.165) is 0 Å². The SMILES string of the molecule is CNC(=O)Nc1ccc(Oc2ccnc3cc(OC)c(C(=O)NCCOC)cc23)cc1Cl. The van der Waals surface area contributed by atoms with Crippen molar-refractivity contribution in [3.8, 4) is 17.2 Å². The van der Waals surface area contributed by atoms with Crippen LogP contribution < -0.4 is 25.4 Å². The van der Waals surface area contributed by atoms with Crippen LogP contribution in [0.15, 0.2) is 42.6 Å². The Balaban J connectivity index is 1.93. The average molecular weight is 459 g/mol. The third-order valence-corrected chi connectivity index (χ3v) is 4.82. The number of carbonyl (C=O) groups is 2. The molecule has 0 spiro atoms. The summed E-state index contributed by atoms with van der Waals surface area (Å²) in [6.45, 7) is 0.755. The first-order chi connectivity index (χ1) is 15.5. The largest absolute Gasteiger partial charge is 0.496 e. The normalized spacial score (nSPS) is 10.5. The smallest absolute Gasteiger partial charge is 0.319 e. The molecule has 3 aromatic rings. The number of hydrogen-bond donors (Lipinski definition) is 3. The van der Waals surface area contributed by atoms with E-state index < -0.39 is 0 Å². The molecule has 9 nitrogen and oxygen atoms in total. The maximum absolute atomic E-state index is 12.6. The predicted molar refractivity (Wildman–Crippen MR) is 122 cm³/mol. The van der Waals surface area contributed by atoms with Crippen LogP contribution in [0.5, 0.6) is 17.2 Å². The molecule has 0 saturated heterocycles. The third-order valence-electron chi connectivity index (χ3n) is 4.50. The van der Waals surface area contributed by atoms with Crippen molar-refractivity contribution in [2.24, 2.45) is 0 Å². The fourth-order valence-electron chi connectivity index (χ4n) is 2.92. The van der Waals surface area contributed by atoms with Gasteiger partial charge in [-0.25, -0.2) is 4.79 Å². The van der Waals surface area contributed by atoms with Crippen LogP contribution in [-0.2, 0) is 4.74 Å². The summed E-state index contributed by atoms with van der Waals surface area (Å²) in [5.41, 5.74) is 1.38. The van der Waals surface area contributed by atoms with E-state index in [1.54, 1.807) is 49.7 Å². The van der Waals surface area contributed by atoms with Crippen molar-refractivity contribution < 1.29 is 23.8 Å². The third kappa shape index (κ3) is 5.37. The van der Waals surface area contributed by atoms with Crippen LogP contribution in [0.1, 0.15) is 10.4 Å². The Kier molecular flexibility index (Phi) is 7.69. The Labute approximate surface area is 190 Å². The lowest BCUT2D eigenvalue weighted by molar-refractivity contribution is 0.0934. The fourth-order valence-corrected chi connectivity index (χ4v) is 3.14. The highest BCUT2D eigenvalue weighted by molar-refractivity contribution is 6.33. The molecule has 0 saturated carbocycles. The maximum atomic E-state index is 12.6. The zero-order chi connectivity index (χ0) is 23.1. The van der Waals surface area contributed by atoms with Crippen molar-refractivity contribution in [3.63, 3.8) is 0 Å². The minimum atomic E-state index is -0.383. The van der Waals surface area contributed by atoms with Crippen molar-refractivity contribution >= 4 is 40.1 Å². The molecule has 0 bridgehead atoms. The van der Waals surface area contributed by atoms with E-state index in [1.165, 1.54) is 14.2 Å². The first kappa shape index (κ1) is 23.1. The highest BCUT2D eigenvalue weighted by Gasteiger charge is 2.16. The van der Waals surface area contributed by atoms with Crippen molar-refractivity contribution in [1.29, 1.82) is 0 Å². The molecule has 168 valence electrons. The molecule has 1 aromatic heterocycles. The lowest BCUT2D eigenvalue weighted by Crippen LogP contribution is -2.27. The topological polar surface area (TPSA) is 111 Å². The monoisotopic (exact) mass is 458 g/mol. The second-order valence-corrected chi connectivity index (χ2v) is 6.98. The first-order valence-electron chi connectivity index (χ1n) is 9.66. The standard InChI is InChI=1S/C22H23ClN4O5/c1-24-22(29)27-17-5-4-13(10-16(17)23)32-19-6-7-25-18-12-20(31-3)15(11-14(18)19)21(28)26-8-9-30-2/h4-7,10-12H,8-9H2,1-3H3,(H,26,28)(H2,24,27,29). The molecule has 32 heavy (non-hydrogen) atoms. The number of halogens is 1. The van der Waals surface area contributed by atoms with Crippen LogP contribution in [0.4, 0.5) is 10.5 Å². The second-order valence-electron chi connectivity index (χ2n) is 6.58. The van der Waals surface area contributed by atoms with Gasteiger partial charge in [-0.2, -0.15) is 0 Å². The van der Waals surface area contributed by atoms with E-state index in [2.05, 4.69) is 20.9 Å². The molecule has 0 atom stereocenters.